The van der Waals surface area contributed by atoms with E-state index in [2.05, 4.69) is 20.2 Å². The minimum atomic E-state index is 0.724. The van der Waals surface area contributed by atoms with Crippen LogP contribution in [0.4, 0.5) is 0 Å². The van der Waals surface area contributed by atoms with Gasteiger partial charge in [-0.1, -0.05) is 0 Å². The van der Waals surface area contributed by atoms with Crippen LogP contribution >= 0.6 is 0 Å². The van der Waals surface area contributed by atoms with Gasteiger partial charge in [0, 0.05) is 7.05 Å². The number of aliphatic imine (C=N–C) groups is 1. The van der Waals surface area contributed by atoms with Gasteiger partial charge in [-0.3, -0.25) is 4.99 Å². The zero-order valence-electron chi connectivity index (χ0n) is 8.35. The number of fused-ring (bicyclic) bond motifs is 1. The third kappa shape index (κ3) is 1.46. The molecule has 0 amide bonds. The van der Waals surface area contributed by atoms with E-state index in [1.165, 1.54) is 4.79 Å². The van der Waals surface area contributed by atoms with Crippen molar-refractivity contribution in [3.63, 3.8) is 0 Å². The first kappa shape index (κ1) is 10.2. The minimum absolute atomic E-state index is 0.724. The van der Waals surface area contributed by atoms with Crippen LogP contribution in [0.15, 0.2) is 10.1 Å². The Balaban J connectivity index is 0.000000461. The van der Waals surface area contributed by atoms with Gasteiger partial charge in [0.25, 0.3) is 0 Å². The highest BCUT2D eigenvalue weighted by molar-refractivity contribution is 6.47. The van der Waals surface area contributed by atoms with Gasteiger partial charge in [-0.15, -0.1) is 9.89 Å². The Morgan fingerprint density at radius 1 is 1.36 bits per heavy atom. The third-order valence-electron chi connectivity index (χ3n) is 1.72. The van der Waals surface area contributed by atoms with Crippen molar-refractivity contribution >= 4 is 18.2 Å². The van der Waals surface area contributed by atoms with Crippen molar-refractivity contribution in [2.75, 3.05) is 7.05 Å². The van der Waals surface area contributed by atoms with Crippen LogP contribution in [0.5, 0.6) is 0 Å². The van der Waals surface area contributed by atoms with Crippen molar-refractivity contribution < 1.29 is 4.79 Å². The topological polar surface area (TPSA) is 72.5 Å². The van der Waals surface area contributed by atoms with Crippen LogP contribution in [0, 0.1) is 6.92 Å². The Kier molecular flexibility index (Phi) is 2.85. The highest BCUT2D eigenvalue weighted by atomic mass is 16.1. The molecule has 0 radical (unpaired) electrons. The van der Waals surface area contributed by atoms with E-state index in [9.17, 15) is 0 Å². The second-order valence-electron chi connectivity index (χ2n) is 2.63. The molecule has 0 saturated carbocycles. The molecule has 2 rings (SSSR count). The summed E-state index contributed by atoms with van der Waals surface area (Å²) < 4.78 is 0. The van der Waals surface area contributed by atoms with Crippen LogP contribution in [-0.4, -0.2) is 40.1 Å². The Morgan fingerprint density at radius 3 is 2.57 bits per heavy atom. The molecule has 0 fully saturated rings. The molecule has 0 aliphatic carbocycles. The third-order valence-corrected chi connectivity index (χ3v) is 1.72. The molecule has 0 spiro atoms. The highest BCUT2D eigenvalue weighted by Gasteiger charge is 2.22. The van der Waals surface area contributed by atoms with Gasteiger partial charge in [0.05, 0.1) is 5.71 Å². The van der Waals surface area contributed by atoms with Crippen molar-refractivity contribution in [2.45, 2.75) is 13.8 Å². The standard InChI is InChI=1S/C7H9N5.CH2O/c1-4-6(8-3)7-9-5(2)11-12(7)10-4;1-2/h1-3H3;1H2. The van der Waals surface area contributed by atoms with Crippen molar-refractivity contribution in [1.29, 1.82) is 0 Å². The lowest BCUT2D eigenvalue weighted by molar-refractivity contribution is -0.0979. The lowest BCUT2D eigenvalue weighted by atomic mass is 10.2. The first-order valence-electron chi connectivity index (χ1n) is 3.98. The molecule has 0 bridgehead atoms. The molecular formula is C8H11N5O. The summed E-state index contributed by atoms with van der Waals surface area (Å²) in [7, 11) is 1.73. The normalized spacial score (nSPS) is 15.9. The molecule has 1 aliphatic rings. The van der Waals surface area contributed by atoms with E-state index in [1.807, 2.05) is 20.6 Å². The predicted molar refractivity (Wildman–Crippen MR) is 52.8 cm³/mol. The van der Waals surface area contributed by atoms with Gasteiger partial charge in [-0.25, -0.2) is 4.98 Å². The zero-order chi connectivity index (χ0) is 10.7. The molecule has 1 aromatic heterocycles. The number of rotatable bonds is 0. The summed E-state index contributed by atoms with van der Waals surface area (Å²) in [6, 6.07) is 0. The Hall–Kier alpha value is -1.85. The SMILES string of the molecule is C=O.CN=C1C(C)=Nn2nc(C)nc21. The Labute approximate surface area is 81.4 Å². The fourth-order valence-electron chi connectivity index (χ4n) is 1.24. The second-order valence-corrected chi connectivity index (χ2v) is 2.63. The van der Waals surface area contributed by atoms with Crippen LogP contribution in [0.25, 0.3) is 0 Å². The van der Waals surface area contributed by atoms with Gasteiger partial charge >= 0.3 is 0 Å². The number of hydrogen-bond acceptors (Lipinski definition) is 5. The van der Waals surface area contributed by atoms with Crippen LogP contribution < -0.4 is 0 Å². The van der Waals surface area contributed by atoms with Crippen molar-refractivity contribution in [1.82, 2.24) is 14.9 Å². The molecule has 2 heterocycles. The predicted octanol–water partition coefficient (Wildman–Crippen LogP) is 0.0581. The lowest BCUT2D eigenvalue weighted by Crippen LogP contribution is -2.08. The van der Waals surface area contributed by atoms with Crippen LogP contribution in [0.2, 0.25) is 0 Å². The number of hydrogen-bond donors (Lipinski definition) is 0. The number of nitrogens with zero attached hydrogens (tertiary/aromatic N) is 5. The van der Waals surface area contributed by atoms with E-state index in [0.29, 0.717) is 0 Å². The lowest BCUT2D eigenvalue weighted by Gasteiger charge is -1.89. The smallest absolute Gasteiger partial charge is 0.203 e. The maximum absolute atomic E-state index is 8.00. The first-order chi connectivity index (χ1) is 6.72. The van der Waals surface area contributed by atoms with Gasteiger partial charge in [0.15, 0.2) is 5.82 Å². The zero-order valence-corrected chi connectivity index (χ0v) is 8.35. The largest absolute Gasteiger partial charge is 0.307 e. The average Bonchev–Trinajstić information content (AvgIpc) is 2.63. The van der Waals surface area contributed by atoms with Gasteiger partial charge in [0.1, 0.15) is 12.5 Å². The summed E-state index contributed by atoms with van der Waals surface area (Å²) in [6.07, 6.45) is 0. The Morgan fingerprint density at radius 2 is 2.00 bits per heavy atom. The van der Waals surface area contributed by atoms with E-state index in [-0.39, 0.29) is 0 Å². The number of aromatic nitrogens is 3. The fraction of sp³-hybridized carbons (Fsp3) is 0.375. The molecular weight excluding hydrogens is 182 g/mol. The average molecular weight is 193 g/mol. The molecule has 14 heavy (non-hydrogen) atoms. The second kappa shape index (κ2) is 3.91. The van der Waals surface area contributed by atoms with E-state index < -0.39 is 0 Å². The van der Waals surface area contributed by atoms with Gasteiger partial charge < -0.3 is 4.79 Å². The maximum Gasteiger partial charge on any atom is 0.203 e. The molecule has 0 aromatic carbocycles. The molecule has 0 atom stereocenters. The van der Waals surface area contributed by atoms with Gasteiger partial charge in [0.2, 0.25) is 5.82 Å². The number of carbonyl (C=O) groups is 1. The van der Waals surface area contributed by atoms with Gasteiger partial charge in [-0.05, 0) is 13.8 Å². The molecule has 0 saturated heterocycles. The first-order valence-corrected chi connectivity index (χ1v) is 3.98. The Bertz CT molecular complexity index is 404. The van der Waals surface area contributed by atoms with Gasteiger partial charge in [-0.2, -0.15) is 5.10 Å². The number of aryl methyl sites for hydroxylation is 1. The summed E-state index contributed by atoms with van der Waals surface area (Å²) >= 11 is 0. The van der Waals surface area contributed by atoms with E-state index in [1.54, 1.807) is 7.05 Å². The molecule has 0 unspecified atom stereocenters. The van der Waals surface area contributed by atoms with E-state index in [0.717, 1.165) is 23.1 Å². The van der Waals surface area contributed by atoms with Crippen LogP contribution in [0.3, 0.4) is 0 Å². The molecule has 1 aromatic rings. The summed E-state index contributed by atoms with van der Waals surface area (Å²) in [5, 5.41) is 8.23. The van der Waals surface area contributed by atoms with Crippen molar-refractivity contribution in [2.24, 2.45) is 10.1 Å². The van der Waals surface area contributed by atoms with E-state index >= 15 is 0 Å². The van der Waals surface area contributed by atoms with Crippen molar-refractivity contribution in [3.8, 4) is 0 Å². The molecule has 0 N–H and O–H groups in total. The summed E-state index contributed by atoms with van der Waals surface area (Å²) in [4.78, 5) is 17.8. The fourth-order valence-corrected chi connectivity index (χ4v) is 1.24. The monoisotopic (exact) mass is 193 g/mol. The molecule has 6 nitrogen and oxygen atoms in total. The van der Waals surface area contributed by atoms with Crippen LogP contribution in [0.1, 0.15) is 18.6 Å². The van der Waals surface area contributed by atoms with E-state index in [4.69, 9.17) is 4.79 Å². The summed E-state index contributed by atoms with van der Waals surface area (Å²) in [6.45, 7) is 5.73. The maximum atomic E-state index is 8.00. The number of carbonyl (C=O) groups excluding carboxylic acids is 1. The minimum Gasteiger partial charge on any atom is -0.307 e. The summed E-state index contributed by atoms with van der Waals surface area (Å²) in [5.74, 6) is 1.47. The van der Waals surface area contributed by atoms with Crippen molar-refractivity contribution in [3.05, 3.63) is 11.6 Å². The summed E-state index contributed by atoms with van der Waals surface area (Å²) in [5.41, 5.74) is 1.70. The molecule has 1 aliphatic heterocycles. The van der Waals surface area contributed by atoms with Crippen LogP contribution in [-0.2, 0) is 4.79 Å². The molecule has 6 heteroatoms. The quantitative estimate of drug-likeness (QED) is 0.584. The highest BCUT2D eigenvalue weighted by Crippen LogP contribution is 2.08. The molecule has 74 valence electrons.